The third kappa shape index (κ3) is 2.40. The zero-order valence-corrected chi connectivity index (χ0v) is 8.92. The SMILES string of the molecule is N#Cc1ccc(Nc2cc(F)cc(F)c2F)nc1. The molecule has 0 amide bonds. The van der Waals surface area contributed by atoms with E-state index in [1.54, 1.807) is 0 Å². The van der Waals surface area contributed by atoms with Gasteiger partial charge in [-0.05, 0) is 12.1 Å². The van der Waals surface area contributed by atoms with Gasteiger partial charge in [-0.1, -0.05) is 0 Å². The van der Waals surface area contributed by atoms with E-state index in [1.807, 2.05) is 6.07 Å². The molecule has 90 valence electrons. The van der Waals surface area contributed by atoms with E-state index in [2.05, 4.69) is 10.3 Å². The van der Waals surface area contributed by atoms with E-state index in [0.717, 1.165) is 6.07 Å². The van der Waals surface area contributed by atoms with Gasteiger partial charge in [0, 0.05) is 18.3 Å². The van der Waals surface area contributed by atoms with E-state index < -0.39 is 17.5 Å². The van der Waals surface area contributed by atoms with Crippen LogP contribution in [0.2, 0.25) is 0 Å². The van der Waals surface area contributed by atoms with E-state index in [0.29, 0.717) is 11.6 Å². The van der Waals surface area contributed by atoms with Crippen LogP contribution in [0, 0.1) is 28.8 Å². The van der Waals surface area contributed by atoms with Gasteiger partial charge in [0.2, 0.25) is 0 Å². The fourth-order valence-electron chi connectivity index (χ4n) is 1.32. The van der Waals surface area contributed by atoms with E-state index in [4.69, 9.17) is 5.26 Å². The highest BCUT2D eigenvalue weighted by Crippen LogP contribution is 2.22. The Hall–Kier alpha value is -2.55. The maximum atomic E-state index is 13.3. The summed E-state index contributed by atoms with van der Waals surface area (Å²) in [6.07, 6.45) is 1.26. The standard InChI is InChI=1S/C12H6F3N3/c13-8-3-9(14)12(15)10(4-8)18-11-2-1-7(5-16)6-17-11/h1-4,6H,(H,17,18). The number of benzene rings is 1. The summed E-state index contributed by atoms with van der Waals surface area (Å²) in [5.74, 6) is -3.20. The predicted octanol–water partition coefficient (Wildman–Crippen LogP) is 3.11. The molecule has 0 radical (unpaired) electrons. The number of anilines is 2. The van der Waals surface area contributed by atoms with Crippen LogP contribution in [0.25, 0.3) is 0 Å². The summed E-state index contributed by atoms with van der Waals surface area (Å²) in [5.41, 5.74) is -0.0313. The van der Waals surface area contributed by atoms with Crippen molar-refractivity contribution < 1.29 is 13.2 Å². The van der Waals surface area contributed by atoms with Gasteiger partial charge in [0.15, 0.2) is 11.6 Å². The van der Waals surface area contributed by atoms with Gasteiger partial charge in [-0.25, -0.2) is 18.2 Å². The lowest BCUT2D eigenvalue weighted by Crippen LogP contribution is -1.99. The topological polar surface area (TPSA) is 48.7 Å². The lowest BCUT2D eigenvalue weighted by atomic mass is 10.2. The van der Waals surface area contributed by atoms with Crippen LogP contribution in [0.1, 0.15) is 5.56 Å². The van der Waals surface area contributed by atoms with Gasteiger partial charge < -0.3 is 5.32 Å². The van der Waals surface area contributed by atoms with Crippen molar-refractivity contribution in [2.75, 3.05) is 5.32 Å². The average Bonchev–Trinajstić information content (AvgIpc) is 2.36. The first-order valence-electron chi connectivity index (χ1n) is 4.88. The Balaban J connectivity index is 2.31. The van der Waals surface area contributed by atoms with Crippen molar-refractivity contribution in [3.8, 4) is 6.07 Å². The molecule has 3 nitrogen and oxygen atoms in total. The Morgan fingerprint density at radius 3 is 2.56 bits per heavy atom. The maximum absolute atomic E-state index is 13.3. The molecule has 0 atom stereocenters. The van der Waals surface area contributed by atoms with Crippen molar-refractivity contribution >= 4 is 11.5 Å². The third-order valence-electron chi connectivity index (χ3n) is 2.15. The van der Waals surface area contributed by atoms with Crippen LogP contribution in [-0.2, 0) is 0 Å². The minimum atomic E-state index is -1.29. The fourth-order valence-corrected chi connectivity index (χ4v) is 1.32. The molecule has 2 rings (SSSR count). The highest BCUT2D eigenvalue weighted by Gasteiger charge is 2.11. The number of hydrogen-bond acceptors (Lipinski definition) is 3. The fraction of sp³-hybridized carbons (Fsp3) is 0. The quantitative estimate of drug-likeness (QED) is 0.832. The summed E-state index contributed by atoms with van der Waals surface area (Å²) in [4.78, 5) is 3.80. The Labute approximate surface area is 101 Å². The molecule has 1 heterocycles. The molecule has 0 aliphatic heterocycles. The van der Waals surface area contributed by atoms with Gasteiger partial charge in [0.1, 0.15) is 17.7 Å². The molecular formula is C12H6F3N3. The summed E-state index contributed by atoms with van der Waals surface area (Å²) in [7, 11) is 0. The Morgan fingerprint density at radius 1 is 1.17 bits per heavy atom. The van der Waals surface area contributed by atoms with Crippen molar-refractivity contribution in [3.05, 3.63) is 53.5 Å². The molecular weight excluding hydrogens is 243 g/mol. The molecule has 1 N–H and O–H groups in total. The molecule has 6 heteroatoms. The largest absolute Gasteiger partial charge is 0.338 e. The van der Waals surface area contributed by atoms with Gasteiger partial charge in [-0.15, -0.1) is 0 Å². The van der Waals surface area contributed by atoms with Crippen LogP contribution in [0.5, 0.6) is 0 Å². The second-order valence-electron chi connectivity index (χ2n) is 3.42. The van der Waals surface area contributed by atoms with E-state index in [9.17, 15) is 13.2 Å². The number of nitrogens with zero attached hydrogens (tertiary/aromatic N) is 2. The number of aromatic nitrogens is 1. The van der Waals surface area contributed by atoms with Gasteiger partial charge in [-0.2, -0.15) is 5.26 Å². The monoisotopic (exact) mass is 249 g/mol. The van der Waals surface area contributed by atoms with Crippen LogP contribution in [0.3, 0.4) is 0 Å². The number of nitrogens with one attached hydrogen (secondary N) is 1. The van der Waals surface area contributed by atoms with Crippen LogP contribution in [0.15, 0.2) is 30.5 Å². The molecule has 1 aromatic carbocycles. The zero-order valence-electron chi connectivity index (χ0n) is 8.92. The number of hydrogen-bond donors (Lipinski definition) is 1. The maximum Gasteiger partial charge on any atom is 0.182 e. The van der Waals surface area contributed by atoms with Crippen molar-refractivity contribution in [1.29, 1.82) is 5.26 Å². The van der Waals surface area contributed by atoms with Crippen molar-refractivity contribution in [3.63, 3.8) is 0 Å². The van der Waals surface area contributed by atoms with E-state index in [-0.39, 0.29) is 11.5 Å². The Kier molecular flexibility index (Phi) is 3.15. The van der Waals surface area contributed by atoms with Crippen LogP contribution < -0.4 is 5.32 Å². The highest BCUT2D eigenvalue weighted by molar-refractivity contribution is 5.57. The van der Waals surface area contributed by atoms with Crippen molar-refractivity contribution in [1.82, 2.24) is 4.98 Å². The molecule has 18 heavy (non-hydrogen) atoms. The first-order valence-corrected chi connectivity index (χ1v) is 4.88. The molecule has 0 bridgehead atoms. The summed E-state index contributed by atoms with van der Waals surface area (Å²) in [6, 6.07) is 5.98. The van der Waals surface area contributed by atoms with Crippen LogP contribution in [-0.4, -0.2) is 4.98 Å². The molecule has 0 aliphatic rings. The number of nitriles is 1. The molecule has 0 fully saturated rings. The summed E-state index contributed by atoms with van der Waals surface area (Å²) < 4.78 is 39.2. The second-order valence-corrected chi connectivity index (χ2v) is 3.42. The highest BCUT2D eigenvalue weighted by atomic mass is 19.2. The minimum absolute atomic E-state index is 0.179. The number of pyridine rings is 1. The predicted molar refractivity (Wildman–Crippen MR) is 58.6 cm³/mol. The second kappa shape index (κ2) is 4.75. The molecule has 1 aromatic heterocycles. The van der Waals surface area contributed by atoms with Crippen LogP contribution >= 0.6 is 0 Å². The van der Waals surface area contributed by atoms with Gasteiger partial charge >= 0.3 is 0 Å². The molecule has 0 saturated heterocycles. The molecule has 0 spiro atoms. The first kappa shape index (κ1) is 11.9. The average molecular weight is 249 g/mol. The van der Waals surface area contributed by atoms with Crippen molar-refractivity contribution in [2.24, 2.45) is 0 Å². The summed E-state index contributed by atoms with van der Waals surface area (Å²) >= 11 is 0. The van der Waals surface area contributed by atoms with E-state index in [1.165, 1.54) is 18.3 Å². The zero-order chi connectivity index (χ0) is 13.1. The number of rotatable bonds is 2. The Morgan fingerprint density at radius 2 is 1.94 bits per heavy atom. The lowest BCUT2D eigenvalue weighted by molar-refractivity contribution is 0.498. The third-order valence-corrected chi connectivity index (χ3v) is 2.15. The normalized spacial score (nSPS) is 9.89. The first-order chi connectivity index (χ1) is 8.60. The smallest absolute Gasteiger partial charge is 0.182 e. The minimum Gasteiger partial charge on any atom is -0.338 e. The van der Waals surface area contributed by atoms with Gasteiger partial charge in [-0.3, -0.25) is 0 Å². The molecule has 0 aliphatic carbocycles. The molecule has 2 aromatic rings. The van der Waals surface area contributed by atoms with Gasteiger partial charge in [0.25, 0.3) is 0 Å². The lowest BCUT2D eigenvalue weighted by Gasteiger charge is -2.07. The molecule has 0 unspecified atom stereocenters. The van der Waals surface area contributed by atoms with E-state index >= 15 is 0 Å². The number of halogens is 3. The van der Waals surface area contributed by atoms with Crippen LogP contribution in [0.4, 0.5) is 24.7 Å². The summed E-state index contributed by atoms with van der Waals surface area (Å²) in [5, 5.41) is 11.0. The summed E-state index contributed by atoms with van der Waals surface area (Å²) in [6.45, 7) is 0. The molecule has 0 saturated carbocycles. The Bertz CT molecular complexity index is 618. The van der Waals surface area contributed by atoms with Crippen molar-refractivity contribution in [2.45, 2.75) is 0 Å². The van der Waals surface area contributed by atoms with Gasteiger partial charge in [0.05, 0.1) is 11.3 Å².